The number of aromatic nitrogens is 3. The molecule has 0 atom stereocenters. The van der Waals surface area contributed by atoms with Gasteiger partial charge in [0.25, 0.3) is 5.56 Å². The van der Waals surface area contributed by atoms with Gasteiger partial charge in [0.1, 0.15) is 6.33 Å². The molecule has 0 aromatic carbocycles. The SMILES string of the molecule is CS(=O)(=O)c1c(=O)[nH]cc2cncnc12. The van der Waals surface area contributed by atoms with Gasteiger partial charge in [-0.15, -0.1) is 0 Å². The maximum absolute atomic E-state index is 11.4. The number of fused-ring (bicyclic) bond motifs is 1. The van der Waals surface area contributed by atoms with Crippen molar-refractivity contribution in [3.63, 3.8) is 0 Å². The van der Waals surface area contributed by atoms with Gasteiger partial charge in [0.15, 0.2) is 14.7 Å². The van der Waals surface area contributed by atoms with Crippen LogP contribution >= 0.6 is 0 Å². The Morgan fingerprint density at radius 3 is 2.80 bits per heavy atom. The van der Waals surface area contributed by atoms with Gasteiger partial charge in [-0.3, -0.25) is 4.79 Å². The molecule has 0 bridgehead atoms. The molecular formula is C8H7N3O3S. The van der Waals surface area contributed by atoms with Gasteiger partial charge in [-0.05, 0) is 0 Å². The molecule has 2 heterocycles. The predicted molar refractivity (Wildman–Crippen MR) is 53.3 cm³/mol. The van der Waals surface area contributed by atoms with Crippen LogP contribution in [0, 0.1) is 0 Å². The Hall–Kier alpha value is -1.76. The number of sulfone groups is 1. The Morgan fingerprint density at radius 2 is 2.13 bits per heavy atom. The van der Waals surface area contributed by atoms with E-state index in [4.69, 9.17) is 0 Å². The van der Waals surface area contributed by atoms with E-state index in [2.05, 4.69) is 15.0 Å². The quantitative estimate of drug-likeness (QED) is 0.720. The molecule has 0 aliphatic carbocycles. The van der Waals surface area contributed by atoms with Gasteiger partial charge in [-0.1, -0.05) is 0 Å². The monoisotopic (exact) mass is 225 g/mol. The van der Waals surface area contributed by atoms with Crippen LogP contribution in [0.2, 0.25) is 0 Å². The van der Waals surface area contributed by atoms with Crippen LogP contribution in [0.15, 0.2) is 28.4 Å². The van der Waals surface area contributed by atoms with Crippen LogP contribution in [0.5, 0.6) is 0 Å². The van der Waals surface area contributed by atoms with Crippen molar-refractivity contribution in [2.24, 2.45) is 0 Å². The van der Waals surface area contributed by atoms with E-state index < -0.39 is 15.4 Å². The van der Waals surface area contributed by atoms with Crippen molar-refractivity contribution in [3.05, 3.63) is 29.1 Å². The molecule has 1 N–H and O–H groups in total. The number of nitrogens with zero attached hydrogens (tertiary/aromatic N) is 2. The third-order valence-corrected chi connectivity index (χ3v) is 3.01. The molecule has 0 fully saturated rings. The van der Waals surface area contributed by atoms with E-state index in [0.717, 1.165) is 6.26 Å². The number of H-pyrrole nitrogens is 1. The molecule has 2 aromatic rings. The van der Waals surface area contributed by atoms with E-state index in [1.807, 2.05) is 0 Å². The number of hydrogen-bond donors (Lipinski definition) is 1. The van der Waals surface area contributed by atoms with E-state index >= 15 is 0 Å². The summed E-state index contributed by atoms with van der Waals surface area (Å²) in [4.78, 5) is 20.9. The summed E-state index contributed by atoms with van der Waals surface area (Å²) >= 11 is 0. The second-order valence-corrected chi connectivity index (χ2v) is 5.00. The van der Waals surface area contributed by atoms with E-state index in [1.165, 1.54) is 18.7 Å². The van der Waals surface area contributed by atoms with Crippen LogP contribution in [0.1, 0.15) is 0 Å². The minimum atomic E-state index is -3.59. The summed E-state index contributed by atoms with van der Waals surface area (Å²) < 4.78 is 22.8. The van der Waals surface area contributed by atoms with Crippen molar-refractivity contribution in [1.29, 1.82) is 0 Å². The van der Waals surface area contributed by atoms with Gasteiger partial charge in [0, 0.05) is 24.0 Å². The first-order valence-corrected chi connectivity index (χ1v) is 5.91. The van der Waals surface area contributed by atoms with Crippen molar-refractivity contribution in [2.75, 3.05) is 6.26 Å². The van der Waals surface area contributed by atoms with Crippen molar-refractivity contribution in [3.8, 4) is 0 Å². The zero-order chi connectivity index (χ0) is 11.1. The van der Waals surface area contributed by atoms with Gasteiger partial charge in [0.2, 0.25) is 0 Å². The fraction of sp³-hybridized carbons (Fsp3) is 0.125. The fourth-order valence-corrected chi connectivity index (χ4v) is 2.21. The Kier molecular flexibility index (Phi) is 2.04. The maximum Gasteiger partial charge on any atom is 0.269 e. The molecule has 0 saturated heterocycles. The fourth-order valence-electron chi connectivity index (χ4n) is 1.30. The van der Waals surface area contributed by atoms with Gasteiger partial charge >= 0.3 is 0 Å². The van der Waals surface area contributed by atoms with Crippen molar-refractivity contribution < 1.29 is 8.42 Å². The largest absolute Gasteiger partial charge is 0.327 e. The molecule has 2 aromatic heterocycles. The van der Waals surface area contributed by atoms with Gasteiger partial charge < -0.3 is 4.98 Å². The van der Waals surface area contributed by atoms with E-state index in [0.29, 0.717) is 5.39 Å². The molecular weight excluding hydrogens is 218 g/mol. The van der Waals surface area contributed by atoms with Crippen LogP contribution in [0.25, 0.3) is 10.9 Å². The third kappa shape index (κ3) is 1.61. The van der Waals surface area contributed by atoms with Crippen LogP contribution in [-0.4, -0.2) is 29.6 Å². The lowest BCUT2D eigenvalue weighted by atomic mass is 10.3. The second kappa shape index (κ2) is 3.13. The number of hydrogen-bond acceptors (Lipinski definition) is 5. The van der Waals surface area contributed by atoms with Crippen LogP contribution in [0.4, 0.5) is 0 Å². The Balaban J connectivity index is 3.06. The molecule has 2 rings (SSSR count). The number of aromatic amines is 1. The molecule has 6 nitrogen and oxygen atoms in total. The topological polar surface area (TPSA) is 92.8 Å². The van der Waals surface area contributed by atoms with Crippen LogP contribution in [0.3, 0.4) is 0 Å². The van der Waals surface area contributed by atoms with Crippen molar-refractivity contribution in [2.45, 2.75) is 4.90 Å². The minimum absolute atomic E-state index is 0.149. The van der Waals surface area contributed by atoms with Crippen LogP contribution in [-0.2, 0) is 9.84 Å². The lowest BCUT2D eigenvalue weighted by Crippen LogP contribution is -2.17. The molecule has 0 spiro atoms. The number of pyridine rings is 1. The highest BCUT2D eigenvalue weighted by atomic mass is 32.2. The lowest BCUT2D eigenvalue weighted by Gasteiger charge is -2.00. The van der Waals surface area contributed by atoms with E-state index in [9.17, 15) is 13.2 Å². The highest BCUT2D eigenvalue weighted by molar-refractivity contribution is 7.91. The molecule has 0 aliphatic heterocycles. The third-order valence-electron chi connectivity index (χ3n) is 1.89. The number of nitrogens with one attached hydrogen (secondary N) is 1. The van der Waals surface area contributed by atoms with Gasteiger partial charge in [-0.25, -0.2) is 18.4 Å². The first-order chi connectivity index (χ1) is 7.00. The molecule has 0 amide bonds. The van der Waals surface area contributed by atoms with Crippen molar-refractivity contribution in [1.82, 2.24) is 15.0 Å². The molecule has 78 valence electrons. The minimum Gasteiger partial charge on any atom is -0.327 e. The van der Waals surface area contributed by atoms with E-state index in [-0.39, 0.29) is 10.4 Å². The standard InChI is InChI=1S/C8H7N3O3S/c1-15(13,14)7-6-5(2-9-4-11-6)3-10-8(7)12/h2-4H,1H3,(H,10,12). The van der Waals surface area contributed by atoms with Gasteiger partial charge in [-0.2, -0.15) is 0 Å². The summed E-state index contributed by atoms with van der Waals surface area (Å²) in [5.41, 5.74) is -0.514. The predicted octanol–water partition coefficient (Wildman–Crippen LogP) is -0.278. The molecule has 0 saturated carbocycles. The zero-order valence-corrected chi connectivity index (χ0v) is 8.58. The highest BCUT2D eigenvalue weighted by Crippen LogP contribution is 2.14. The van der Waals surface area contributed by atoms with Gasteiger partial charge in [0.05, 0.1) is 5.52 Å². The number of rotatable bonds is 1. The first-order valence-electron chi connectivity index (χ1n) is 4.01. The van der Waals surface area contributed by atoms with E-state index in [1.54, 1.807) is 0 Å². The molecule has 15 heavy (non-hydrogen) atoms. The molecule has 7 heteroatoms. The average molecular weight is 225 g/mol. The Labute approximate surface area is 84.9 Å². The maximum atomic E-state index is 11.4. The summed E-state index contributed by atoms with van der Waals surface area (Å²) in [7, 11) is -3.59. The normalized spacial score (nSPS) is 11.8. The second-order valence-electron chi connectivity index (χ2n) is 3.05. The summed E-state index contributed by atoms with van der Waals surface area (Å²) in [6.45, 7) is 0. The van der Waals surface area contributed by atoms with Crippen molar-refractivity contribution >= 4 is 20.7 Å². The van der Waals surface area contributed by atoms with Crippen LogP contribution < -0.4 is 5.56 Å². The summed E-state index contributed by atoms with van der Waals surface area (Å²) in [6.07, 6.45) is 4.99. The first kappa shape index (κ1) is 9.78. The Bertz CT molecular complexity index is 675. The molecule has 0 aliphatic rings. The summed E-state index contributed by atoms with van der Waals surface area (Å²) in [6, 6.07) is 0. The lowest BCUT2D eigenvalue weighted by molar-refractivity contribution is 0.601. The molecule has 0 unspecified atom stereocenters. The summed E-state index contributed by atoms with van der Waals surface area (Å²) in [5, 5.41) is 0.484. The Morgan fingerprint density at radius 1 is 1.40 bits per heavy atom. The zero-order valence-electron chi connectivity index (χ0n) is 7.76. The average Bonchev–Trinajstić information content (AvgIpc) is 2.15. The smallest absolute Gasteiger partial charge is 0.269 e. The summed E-state index contributed by atoms with van der Waals surface area (Å²) in [5.74, 6) is 0. The molecule has 0 radical (unpaired) electrons. The highest BCUT2D eigenvalue weighted by Gasteiger charge is 2.17.